The van der Waals surface area contributed by atoms with Crippen LogP contribution < -0.4 is 0 Å². The largest absolute Gasteiger partial charge is 0.390 e. The number of aliphatic hydroxyl groups is 1. The van der Waals surface area contributed by atoms with Crippen LogP contribution in [0.15, 0.2) is 0 Å². The van der Waals surface area contributed by atoms with Crippen molar-refractivity contribution in [3.05, 3.63) is 0 Å². The molecule has 1 aliphatic carbocycles. The van der Waals surface area contributed by atoms with Crippen LogP contribution in [0.3, 0.4) is 0 Å². The molecule has 1 unspecified atom stereocenters. The van der Waals surface area contributed by atoms with Gasteiger partial charge in [0.15, 0.2) is 0 Å². The maximum Gasteiger partial charge on any atom is 0.0767 e. The van der Waals surface area contributed by atoms with E-state index in [1.807, 2.05) is 0 Å². The molecule has 0 amide bonds. The highest BCUT2D eigenvalue weighted by Crippen LogP contribution is 2.54. The van der Waals surface area contributed by atoms with Crippen molar-refractivity contribution in [3.63, 3.8) is 0 Å². The average Bonchev–Trinajstić information content (AvgIpc) is 1.79. The molecule has 78 valence electrons. The van der Waals surface area contributed by atoms with Crippen molar-refractivity contribution in [1.29, 1.82) is 0 Å². The number of rotatable bonds is 1. The fraction of sp³-hybridized carbons (Fsp3) is 1.00. The molecule has 1 aliphatic rings. The predicted octanol–water partition coefficient (Wildman–Crippen LogP) is 3.90. The number of alkyl halides is 2. The molecule has 0 radical (unpaired) electrons. The second-order valence-electron chi connectivity index (χ2n) is 5.13. The Hall–Kier alpha value is 1.42. The van der Waals surface area contributed by atoms with Gasteiger partial charge in [0.2, 0.25) is 0 Å². The minimum atomic E-state index is -0.426. The molecule has 1 nitrogen and oxygen atoms in total. The molecule has 0 aromatic heterocycles. The van der Waals surface area contributed by atoms with Crippen LogP contribution in [0.1, 0.15) is 46.5 Å². The molecule has 0 aromatic rings. The van der Waals surface area contributed by atoms with Gasteiger partial charge in [0.05, 0.1) is 7.03 Å². The molecule has 1 rings (SSSR count). The van der Waals surface area contributed by atoms with E-state index in [-0.39, 0.29) is 6.84 Å². The minimum Gasteiger partial charge on any atom is -0.390 e. The second-order valence-corrected chi connectivity index (χ2v) is 11.3. The molecule has 1 fully saturated rings. The molecule has 13 heavy (non-hydrogen) atoms. The Kier molecular flexibility index (Phi) is 3.63. The van der Waals surface area contributed by atoms with Gasteiger partial charge in [-0.15, -0.1) is 0 Å². The number of hydrogen-bond donors (Lipinski definition) is 1. The first-order valence-corrected chi connectivity index (χ1v) is 6.94. The van der Waals surface area contributed by atoms with Gasteiger partial charge in [-0.25, -0.2) is 0 Å². The molecule has 0 bridgehead atoms. The molecule has 3 heteroatoms. The van der Waals surface area contributed by atoms with Crippen molar-refractivity contribution in [2.75, 3.05) is 0 Å². The predicted molar refractivity (Wildman–Crippen MR) is 73.6 cm³/mol. The number of halogens is 2. The van der Waals surface area contributed by atoms with Gasteiger partial charge in [-0.2, -0.15) is 0 Å². The highest BCUT2D eigenvalue weighted by Gasteiger charge is 2.47. The van der Waals surface area contributed by atoms with Crippen LogP contribution in [0.2, 0.25) is 0 Å². The third-order valence-electron chi connectivity index (χ3n) is 2.79. The van der Waals surface area contributed by atoms with Gasteiger partial charge in [0.25, 0.3) is 0 Å². The Morgan fingerprint density at radius 2 is 1.69 bits per heavy atom. The first-order chi connectivity index (χ1) is 5.68. The van der Waals surface area contributed by atoms with Gasteiger partial charge in [-0.3, -0.25) is 0 Å². The minimum absolute atomic E-state index is 0.238. The zero-order valence-electron chi connectivity index (χ0n) is 8.53. The maximum atomic E-state index is 10.3. The molecule has 1 saturated carbocycles. The zero-order valence-corrected chi connectivity index (χ0v) is 12.8. The van der Waals surface area contributed by atoms with Crippen LogP contribution in [0.5, 0.6) is 0 Å². The summed E-state index contributed by atoms with van der Waals surface area (Å²) in [5.41, 5.74) is -0.143. The normalized spacial score (nSPS) is 37.4. The van der Waals surface area contributed by atoms with Gasteiger partial charge < -0.3 is 5.11 Å². The molecule has 0 aromatic carbocycles. The van der Waals surface area contributed by atoms with Crippen molar-refractivity contribution in [3.8, 4) is 0 Å². The summed E-state index contributed by atoms with van der Waals surface area (Å²) in [5.74, 6) is 0. The summed E-state index contributed by atoms with van der Waals surface area (Å²) >= 11 is 4.98. The topological polar surface area (TPSA) is 20.2 Å². The first kappa shape index (κ1) is 12.5. The van der Waals surface area contributed by atoms with Crippen molar-refractivity contribution < 1.29 is 5.11 Å². The lowest BCUT2D eigenvalue weighted by atomic mass is 9.69. The van der Waals surface area contributed by atoms with Crippen LogP contribution in [0, 0.1) is 5.41 Å². The average molecular weight is 408 g/mol. The summed E-state index contributed by atoms with van der Waals surface area (Å²) in [7, 11) is 0. The van der Waals surface area contributed by atoms with Gasteiger partial charge in [0.1, 0.15) is 0 Å². The maximum absolute atomic E-state index is 10.3. The summed E-state index contributed by atoms with van der Waals surface area (Å²) in [6.45, 7) is 6.61. The molecule has 0 spiro atoms. The molecule has 1 N–H and O–H groups in total. The van der Waals surface area contributed by atoms with Crippen molar-refractivity contribution >= 4 is 45.2 Å². The third-order valence-corrected chi connectivity index (χ3v) is 4.32. The number of hydrogen-bond acceptors (Lipinski definition) is 1. The van der Waals surface area contributed by atoms with E-state index in [0.717, 1.165) is 19.3 Å². The highest BCUT2D eigenvalue weighted by molar-refractivity contribution is 14.2. The van der Waals surface area contributed by atoms with Crippen LogP contribution >= 0.6 is 45.2 Å². The second kappa shape index (κ2) is 3.77. The van der Waals surface area contributed by atoms with E-state index in [2.05, 4.69) is 66.0 Å². The Morgan fingerprint density at radius 3 is 2.08 bits per heavy atom. The van der Waals surface area contributed by atoms with Crippen LogP contribution in [-0.4, -0.2) is 12.1 Å². The lowest BCUT2D eigenvalue weighted by Crippen LogP contribution is -2.46. The summed E-state index contributed by atoms with van der Waals surface area (Å²) in [6, 6.07) is 0. The fourth-order valence-corrected chi connectivity index (χ4v) is 5.99. The lowest BCUT2D eigenvalue weighted by Gasteiger charge is -2.47. The molecule has 0 aliphatic heterocycles. The Labute approximate surface area is 108 Å². The van der Waals surface area contributed by atoms with Crippen molar-refractivity contribution in [2.45, 2.75) is 53.5 Å². The zero-order chi connectivity index (χ0) is 10.3. The molecule has 1 atom stereocenters. The Morgan fingerprint density at radius 1 is 1.15 bits per heavy atom. The molecular formula is C10H18I2O. The van der Waals surface area contributed by atoms with E-state index in [0.29, 0.717) is 0 Å². The van der Waals surface area contributed by atoms with E-state index in [4.69, 9.17) is 0 Å². The Bertz CT molecular complexity index is 183. The quantitative estimate of drug-likeness (QED) is 0.516. The van der Waals surface area contributed by atoms with E-state index < -0.39 is 5.60 Å². The molecular weight excluding hydrogens is 390 g/mol. The summed E-state index contributed by atoms with van der Waals surface area (Å²) in [6.07, 6.45) is 3.96. The standard InChI is InChI=1S/C10H18I2O/c1-4-9(13)5-8(2,3)6-10(11,12)7-9/h13H,4-7H2,1-3H3. The van der Waals surface area contributed by atoms with Gasteiger partial charge in [-0.05, 0) is 31.1 Å². The monoisotopic (exact) mass is 408 g/mol. The van der Waals surface area contributed by atoms with E-state index in [9.17, 15) is 5.11 Å². The Balaban J connectivity index is 2.84. The highest BCUT2D eigenvalue weighted by atomic mass is 127. The van der Waals surface area contributed by atoms with Crippen molar-refractivity contribution in [1.82, 2.24) is 0 Å². The molecule has 0 saturated heterocycles. The van der Waals surface area contributed by atoms with Crippen LogP contribution in [-0.2, 0) is 0 Å². The van der Waals surface area contributed by atoms with E-state index in [1.54, 1.807) is 0 Å². The SMILES string of the molecule is CCC1(O)CC(C)(C)CC(I)(I)C1. The lowest BCUT2D eigenvalue weighted by molar-refractivity contribution is -0.0387. The first-order valence-electron chi connectivity index (χ1n) is 4.78. The van der Waals surface area contributed by atoms with Crippen LogP contribution in [0.25, 0.3) is 0 Å². The fourth-order valence-electron chi connectivity index (χ4n) is 2.51. The van der Waals surface area contributed by atoms with E-state index >= 15 is 0 Å². The summed E-state index contributed by atoms with van der Waals surface area (Å²) in [5, 5.41) is 10.3. The van der Waals surface area contributed by atoms with Gasteiger partial charge in [0, 0.05) is 0 Å². The van der Waals surface area contributed by atoms with E-state index in [1.165, 1.54) is 6.42 Å². The van der Waals surface area contributed by atoms with Crippen LogP contribution in [0.4, 0.5) is 0 Å². The van der Waals surface area contributed by atoms with Gasteiger partial charge >= 0.3 is 0 Å². The summed E-state index contributed by atoms with van der Waals surface area (Å²) < 4.78 is 0.238. The van der Waals surface area contributed by atoms with Crippen molar-refractivity contribution in [2.24, 2.45) is 5.41 Å². The third kappa shape index (κ3) is 3.48. The molecule has 0 heterocycles. The smallest absolute Gasteiger partial charge is 0.0767 e. The van der Waals surface area contributed by atoms with Gasteiger partial charge in [-0.1, -0.05) is 66.0 Å². The summed E-state index contributed by atoms with van der Waals surface area (Å²) in [4.78, 5) is 0.